The van der Waals surface area contributed by atoms with Crippen LogP contribution in [0.15, 0.2) is 53.4 Å². The highest BCUT2D eigenvalue weighted by atomic mass is 32.2. The van der Waals surface area contributed by atoms with E-state index in [1.54, 1.807) is 38.1 Å². The average Bonchev–Trinajstić information content (AvgIpc) is 3.15. The Bertz CT molecular complexity index is 915. The molecule has 0 aliphatic heterocycles. The van der Waals surface area contributed by atoms with E-state index in [4.69, 9.17) is 4.74 Å². The molecule has 0 aromatic heterocycles. The zero-order chi connectivity index (χ0) is 19.4. The highest BCUT2D eigenvalue weighted by Crippen LogP contribution is 2.27. The molecule has 0 spiro atoms. The van der Waals surface area contributed by atoms with Gasteiger partial charge in [-0.1, -0.05) is 18.2 Å². The summed E-state index contributed by atoms with van der Waals surface area (Å²) in [5.74, 6) is 0.260. The van der Waals surface area contributed by atoms with E-state index in [-0.39, 0.29) is 16.6 Å². The smallest absolute Gasteiger partial charge is 0.256 e. The number of sulfone groups is 1. The summed E-state index contributed by atoms with van der Waals surface area (Å²) in [5, 5.41) is 2.19. The van der Waals surface area contributed by atoms with Gasteiger partial charge in [0, 0.05) is 11.8 Å². The minimum atomic E-state index is -3.55. The summed E-state index contributed by atoms with van der Waals surface area (Å²) in [5.41, 5.74) is 0.723. The van der Waals surface area contributed by atoms with Crippen LogP contribution in [0.3, 0.4) is 0 Å². The summed E-state index contributed by atoms with van der Waals surface area (Å²) >= 11 is 0. The Morgan fingerprint density at radius 3 is 2.48 bits per heavy atom. The van der Waals surface area contributed by atoms with Gasteiger partial charge >= 0.3 is 0 Å². The predicted molar refractivity (Wildman–Crippen MR) is 106 cm³/mol. The molecule has 1 N–H and O–H groups in total. The van der Waals surface area contributed by atoms with E-state index in [2.05, 4.69) is 5.32 Å². The maximum Gasteiger partial charge on any atom is 0.256 e. The first-order valence-electron chi connectivity index (χ1n) is 9.29. The van der Waals surface area contributed by atoms with Crippen molar-refractivity contribution in [3.8, 4) is 5.75 Å². The maximum atomic E-state index is 12.7. The van der Waals surface area contributed by atoms with Crippen LogP contribution in [0.25, 0.3) is 0 Å². The van der Waals surface area contributed by atoms with E-state index >= 15 is 0 Å². The van der Waals surface area contributed by atoms with Crippen LogP contribution < -0.4 is 10.1 Å². The molecule has 27 heavy (non-hydrogen) atoms. The molecule has 1 amide bonds. The van der Waals surface area contributed by atoms with E-state index in [1.807, 2.05) is 12.1 Å². The topological polar surface area (TPSA) is 72.5 Å². The minimum absolute atomic E-state index is 0.0517. The van der Waals surface area contributed by atoms with Crippen LogP contribution >= 0.6 is 0 Å². The molecule has 5 nitrogen and oxygen atoms in total. The molecular formula is C21H25NO4S. The lowest BCUT2D eigenvalue weighted by Gasteiger charge is -2.15. The number of amides is 1. The standard InChI is InChI=1S/C21H25NO4S/c1-15(2)27(24,25)20-13-6-5-12-19(20)21(23)22-16-8-7-11-18(14-16)26-17-9-3-4-10-17/h5-8,11-15,17H,3-4,9-10H2,1-2H3,(H,22,23). The van der Waals surface area contributed by atoms with Crippen molar-refractivity contribution in [2.24, 2.45) is 0 Å². The first-order chi connectivity index (χ1) is 12.9. The van der Waals surface area contributed by atoms with Crippen molar-refractivity contribution in [1.82, 2.24) is 0 Å². The largest absolute Gasteiger partial charge is 0.490 e. The SMILES string of the molecule is CC(C)S(=O)(=O)c1ccccc1C(=O)Nc1cccc(OC2CCCC2)c1. The third-order valence-corrected chi connectivity index (χ3v) is 6.97. The number of carbonyl (C=O) groups excluding carboxylic acids is 1. The molecule has 0 unspecified atom stereocenters. The predicted octanol–water partition coefficient (Wildman–Crippen LogP) is 4.44. The van der Waals surface area contributed by atoms with Gasteiger partial charge in [0.1, 0.15) is 5.75 Å². The highest BCUT2D eigenvalue weighted by Gasteiger charge is 2.25. The monoisotopic (exact) mass is 387 g/mol. The van der Waals surface area contributed by atoms with E-state index in [9.17, 15) is 13.2 Å². The van der Waals surface area contributed by atoms with Crippen molar-refractivity contribution in [1.29, 1.82) is 0 Å². The number of hydrogen-bond donors (Lipinski definition) is 1. The molecule has 2 aromatic rings. The Balaban J connectivity index is 1.80. The van der Waals surface area contributed by atoms with Gasteiger partial charge in [-0.25, -0.2) is 8.42 Å². The molecule has 3 rings (SSSR count). The summed E-state index contributed by atoms with van der Waals surface area (Å²) < 4.78 is 31.1. The zero-order valence-corrected chi connectivity index (χ0v) is 16.5. The lowest BCUT2D eigenvalue weighted by Crippen LogP contribution is -2.20. The van der Waals surface area contributed by atoms with E-state index < -0.39 is 21.0 Å². The first-order valence-corrected chi connectivity index (χ1v) is 10.8. The third kappa shape index (κ3) is 4.50. The van der Waals surface area contributed by atoms with Gasteiger partial charge in [-0.05, 0) is 63.8 Å². The van der Waals surface area contributed by atoms with Gasteiger partial charge in [-0.15, -0.1) is 0 Å². The lowest BCUT2D eigenvalue weighted by atomic mass is 10.2. The van der Waals surface area contributed by atoms with Gasteiger partial charge in [-0.3, -0.25) is 4.79 Å². The van der Waals surface area contributed by atoms with Gasteiger partial charge in [0.05, 0.1) is 21.8 Å². The Hall–Kier alpha value is -2.34. The molecule has 0 atom stereocenters. The molecule has 0 bridgehead atoms. The Morgan fingerprint density at radius 2 is 1.78 bits per heavy atom. The van der Waals surface area contributed by atoms with E-state index in [1.165, 1.54) is 25.0 Å². The first kappa shape index (κ1) is 19.4. The molecule has 2 aromatic carbocycles. The van der Waals surface area contributed by atoms with Crippen LogP contribution in [0.1, 0.15) is 49.9 Å². The van der Waals surface area contributed by atoms with Crippen molar-refractivity contribution < 1.29 is 17.9 Å². The molecule has 6 heteroatoms. The van der Waals surface area contributed by atoms with Crippen LogP contribution in [0.2, 0.25) is 0 Å². The fourth-order valence-electron chi connectivity index (χ4n) is 3.20. The van der Waals surface area contributed by atoms with Gasteiger partial charge in [0.15, 0.2) is 9.84 Å². The molecule has 1 aliphatic rings. The average molecular weight is 388 g/mol. The van der Waals surface area contributed by atoms with Crippen LogP contribution in [-0.4, -0.2) is 25.7 Å². The van der Waals surface area contributed by atoms with E-state index in [0.29, 0.717) is 11.4 Å². The van der Waals surface area contributed by atoms with Gasteiger partial charge in [0.2, 0.25) is 0 Å². The molecule has 0 heterocycles. The Labute approximate surface area is 160 Å². The fourth-order valence-corrected chi connectivity index (χ4v) is 4.44. The highest BCUT2D eigenvalue weighted by molar-refractivity contribution is 7.92. The Kier molecular flexibility index (Phi) is 5.85. The van der Waals surface area contributed by atoms with Crippen molar-refractivity contribution in [3.63, 3.8) is 0 Å². The summed E-state index contributed by atoms with van der Waals surface area (Å²) in [6, 6.07) is 13.5. The number of carbonyl (C=O) groups is 1. The number of ether oxygens (including phenoxy) is 1. The maximum absolute atomic E-state index is 12.7. The molecular weight excluding hydrogens is 362 g/mol. The zero-order valence-electron chi connectivity index (χ0n) is 15.6. The molecule has 1 aliphatic carbocycles. The number of rotatable bonds is 6. The van der Waals surface area contributed by atoms with Gasteiger partial charge < -0.3 is 10.1 Å². The molecule has 0 saturated heterocycles. The summed E-state index contributed by atoms with van der Waals surface area (Å²) in [7, 11) is -3.55. The van der Waals surface area contributed by atoms with Crippen molar-refractivity contribution in [2.45, 2.75) is 55.8 Å². The van der Waals surface area contributed by atoms with Crippen molar-refractivity contribution >= 4 is 21.4 Å². The number of nitrogens with one attached hydrogen (secondary N) is 1. The second kappa shape index (κ2) is 8.13. The number of hydrogen-bond acceptors (Lipinski definition) is 4. The van der Waals surface area contributed by atoms with E-state index in [0.717, 1.165) is 12.8 Å². The third-order valence-electron chi connectivity index (χ3n) is 4.76. The molecule has 1 saturated carbocycles. The van der Waals surface area contributed by atoms with Crippen molar-refractivity contribution in [3.05, 3.63) is 54.1 Å². The second-order valence-electron chi connectivity index (χ2n) is 7.10. The molecule has 0 radical (unpaired) electrons. The summed E-state index contributed by atoms with van der Waals surface area (Å²) in [6.07, 6.45) is 4.70. The fraction of sp³-hybridized carbons (Fsp3) is 0.381. The van der Waals surface area contributed by atoms with Gasteiger partial charge in [-0.2, -0.15) is 0 Å². The van der Waals surface area contributed by atoms with Gasteiger partial charge in [0.25, 0.3) is 5.91 Å². The summed E-state index contributed by atoms with van der Waals surface area (Å²) in [6.45, 7) is 3.21. The lowest BCUT2D eigenvalue weighted by molar-refractivity contribution is 0.102. The Morgan fingerprint density at radius 1 is 1.07 bits per heavy atom. The number of anilines is 1. The quantitative estimate of drug-likeness (QED) is 0.795. The van der Waals surface area contributed by atoms with Crippen LogP contribution in [0.4, 0.5) is 5.69 Å². The number of benzene rings is 2. The second-order valence-corrected chi connectivity index (χ2v) is 9.57. The van der Waals surface area contributed by atoms with Crippen molar-refractivity contribution in [2.75, 3.05) is 5.32 Å². The normalized spacial score (nSPS) is 15.1. The van der Waals surface area contributed by atoms with Crippen LogP contribution in [-0.2, 0) is 9.84 Å². The van der Waals surface area contributed by atoms with Crippen LogP contribution in [0, 0.1) is 0 Å². The summed E-state index contributed by atoms with van der Waals surface area (Å²) in [4.78, 5) is 12.8. The van der Waals surface area contributed by atoms with Crippen LogP contribution in [0.5, 0.6) is 5.75 Å². The molecule has 144 valence electrons. The molecule has 1 fully saturated rings. The minimum Gasteiger partial charge on any atom is -0.490 e.